The summed E-state index contributed by atoms with van der Waals surface area (Å²) in [6, 6.07) is 9.64. The van der Waals surface area contributed by atoms with Crippen LogP contribution in [0.25, 0.3) is 0 Å². The third-order valence-electron chi connectivity index (χ3n) is 3.18. The molecule has 2 rings (SSSR count). The van der Waals surface area contributed by atoms with Crippen molar-refractivity contribution in [2.24, 2.45) is 12.8 Å². The van der Waals surface area contributed by atoms with Gasteiger partial charge >= 0.3 is 0 Å². The molecular weight excluding hydrogens is 252 g/mol. The fraction of sp³-hybridized carbons (Fsp3) is 0.333. The van der Waals surface area contributed by atoms with Gasteiger partial charge < -0.3 is 10.6 Å². The molecule has 1 heterocycles. The van der Waals surface area contributed by atoms with Gasteiger partial charge in [0.15, 0.2) is 0 Å². The van der Waals surface area contributed by atoms with E-state index in [0.717, 1.165) is 17.7 Å². The highest BCUT2D eigenvalue weighted by molar-refractivity contribution is 6.04. The number of anilines is 1. The average molecular weight is 272 g/mol. The monoisotopic (exact) mass is 272 g/mol. The molecule has 1 amide bonds. The number of hydrogen-bond donors (Lipinski definition) is 1. The zero-order chi connectivity index (χ0) is 14.5. The molecule has 0 aliphatic heterocycles. The Morgan fingerprint density at radius 3 is 2.80 bits per heavy atom. The van der Waals surface area contributed by atoms with Crippen molar-refractivity contribution in [2.75, 3.05) is 18.0 Å². The maximum Gasteiger partial charge on any atom is 0.276 e. The van der Waals surface area contributed by atoms with Crippen LogP contribution in [0.1, 0.15) is 22.5 Å². The minimum atomic E-state index is -0.0518. The first-order valence-electron chi connectivity index (χ1n) is 6.70. The van der Waals surface area contributed by atoms with E-state index in [1.165, 1.54) is 0 Å². The van der Waals surface area contributed by atoms with Crippen molar-refractivity contribution in [2.45, 2.75) is 13.3 Å². The Morgan fingerprint density at radius 1 is 1.40 bits per heavy atom. The van der Waals surface area contributed by atoms with Crippen LogP contribution in [0.5, 0.6) is 0 Å². The van der Waals surface area contributed by atoms with Gasteiger partial charge in [0.25, 0.3) is 5.91 Å². The number of carbonyl (C=O) groups excluding carboxylic acids is 1. The predicted octanol–water partition coefficient (Wildman–Crippen LogP) is 1.72. The summed E-state index contributed by atoms with van der Waals surface area (Å²) in [5.74, 6) is -0.0518. The van der Waals surface area contributed by atoms with Gasteiger partial charge in [0.05, 0.1) is 0 Å². The fourth-order valence-electron chi connectivity index (χ4n) is 2.12. The summed E-state index contributed by atoms with van der Waals surface area (Å²) in [5, 5.41) is 4.06. The van der Waals surface area contributed by atoms with Gasteiger partial charge in [0, 0.05) is 25.5 Å². The second kappa shape index (κ2) is 6.34. The number of aryl methyl sites for hydroxylation is 2. The van der Waals surface area contributed by atoms with Gasteiger partial charge in [0.2, 0.25) is 0 Å². The lowest BCUT2D eigenvalue weighted by atomic mass is 10.2. The summed E-state index contributed by atoms with van der Waals surface area (Å²) in [5.41, 5.74) is 8.17. The number of benzene rings is 1. The van der Waals surface area contributed by atoms with Crippen molar-refractivity contribution >= 4 is 11.6 Å². The van der Waals surface area contributed by atoms with Crippen LogP contribution in [0, 0.1) is 6.92 Å². The van der Waals surface area contributed by atoms with Crippen LogP contribution in [0.2, 0.25) is 0 Å². The molecular formula is C15H20N4O. The molecule has 2 N–H and O–H groups in total. The first kappa shape index (κ1) is 14.3. The molecule has 0 fully saturated rings. The highest BCUT2D eigenvalue weighted by atomic mass is 16.2. The van der Waals surface area contributed by atoms with E-state index in [0.29, 0.717) is 18.8 Å². The van der Waals surface area contributed by atoms with Gasteiger partial charge in [-0.3, -0.25) is 9.48 Å². The highest BCUT2D eigenvalue weighted by Crippen LogP contribution is 2.18. The number of rotatable bonds is 5. The van der Waals surface area contributed by atoms with E-state index < -0.39 is 0 Å². The van der Waals surface area contributed by atoms with E-state index in [4.69, 9.17) is 5.73 Å². The van der Waals surface area contributed by atoms with Crippen molar-refractivity contribution in [1.29, 1.82) is 0 Å². The van der Waals surface area contributed by atoms with Crippen molar-refractivity contribution in [3.8, 4) is 0 Å². The first-order valence-corrected chi connectivity index (χ1v) is 6.70. The number of nitrogens with two attached hydrogens (primary N) is 1. The largest absolute Gasteiger partial charge is 0.330 e. The zero-order valence-corrected chi connectivity index (χ0v) is 11.9. The Bertz CT molecular complexity index is 591. The maximum atomic E-state index is 12.7. The van der Waals surface area contributed by atoms with Crippen molar-refractivity contribution < 1.29 is 4.79 Å². The number of hydrogen-bond acceptors (Lipinski definition) is 3. The minimum Gasteiger partial charge on any atom is -0.330 e. The van der Waals surface area contributed by atoms with Crippen LogP contribution >= 0.6 is 0 Å². The van der Waals surface area contributed by atoms with Gasteiger partial charge in [0.1, 0.15) is 5.69 Å². The summed E-state index contributed by atoms with van der Waals surface area (Å²) in [7, 11) is 1.77. The quantitative estimate of drug-likeness (QED) is 0.901. The lowest BCUT2D eigenvalue weighted by Crippen LogP contribution is -2.34. The average Bonchev–Trinajstić information content (AvgIpc) is 2.85. The van der Waals surface area contributed by atoms with Crippen molar-refractivity contribution in [3.05, 3.63) is 47.8 Å². The third-order valence-corrected chi connectivity index (χ3v) is 3.18. The molecule has 0 aliphatic rings. The van der Waals surface area contributed by atoms with Crippen LogP contribution in [-0.4, -0.2) is 28.8 Å². The lowest BCUT2D eigenvalue weighted by molar-refractivity contribution is 0.0978. The van der Waals surface area contributed by atoms with E-state index in [2.05, 4.69) is 5.10 Å². The zero-order valence-electron chi connectivity index (χ0n) is 11.9. The van der Waals surface area contributed by atoms with Crippen LogP contribution in [-0.2, 0) is 7.05 Å². The second-order valence-electron chi connectivity index (χ2n) is 4.78. The predicted molar refractivity (Wildman–Crippen MR) is 79.7 cm³/mol. The van der Waals surface area contributed by atoms with E-state index in [9.17, 15) is 4.79 Å². The van der Waals surface area contributed by atoms with Crippen LogP contribution in [0.3, 0.4) is 0 Å². The Balaban J connectivity index is 2.32. The molecule has 0 aliphatic carbocycles. The van der Waals surface area contributed by atoms with E-state index in [1.54, 1.807) is 28.9 Å². The smallest absolute Gasteiger partial charge is 0.276 e. The van der Waals surface area contributed by atoms with E-state index in [1.807, 2.05) is 31.2 Å². The van der Waals surface area contributed by atoms with Gasteiger partial charge in [-0.1, -0.05) is 12.1 Å². The Hall–Kier alpha value is -2.14. The summed E-state index contributed by atoms with van der Waals surface area (Å²) < 4.78 is 1.59. The molecule has 2 aromatic rings. The molecule has 0 saturated carbocycles. The molecule has 0 unspecified atom stereocenters. The molecule has 1 aromatic carbocycles. The Morgan fingerprint density at radius 2 is 2.20 bits per heavy atom. The summed E-state index contributed by atoms with van der Waals surface area (Å²) in [6.45, 7) is 3.17. The molecule has 0 atom stereocenters. The maximum absolute atomic E-state index is 12.7. The van der Waals surface area contributed by atoms with E-state index >= 15 is 0 Å². The molecule has 106 valence electrons. The summed E-state index contributed by atoms with van der Waals surface area (Å²) >= 11 is 0. The van der Waals surface area contributed by atoms with Gasteiger partial charge in [-0.15, -0.1) is 0 Å². The Kier molecular flexibility index (Phi) is 4.53. The molecule has 0 radical (unpaired) electrons. The summed E-state index contributed by atoms with van der Waals surface area (Å²) in [6.07, 6.45) is 2.39. The van der Waals surface area contributed by atoms with E-state index in [-0.39, 0.29) is 5.91 Å². The molecule has 5 heteroatoms. The molecule has 5 nitrogen and oxygen atoms in total. The third kappa shape index (κ3) is 3.05. The second-order valence-corrected chi connectivity index (χ2v) is 4.78. The Labute approximate surface area is 119 Å². The van der Waals surface area contributed by atoms with Crippen molar-refractivity contribution in [1.82, 2.24) is 9.78 Å². The molecule has 1 aromatic heterocycles. The van der Waals surface area contributed by atoms with Gasteiger partial charge in [-0.25, -0.2) is 0 Å². The molecule has 0 bridgehead atoms. The first-order chi connectivity index (χ1) is 9.63. The summed E-state index contributed by atoms with van der Waals surface area (Å²) in [4.78, 5) is 14.4. The number of nitrogens with zero attached hydrogens (tertiary/aromatic N) is 3. The van der Waals surface area contributed by atoms with Crippen molar-refractivity contribution in [3.63, 3.8) is 0 Å². The fourth-order valence-corrected chi connectivity index (χ4v) is 2.12. The number of amides is 1. The van der Waals surface area contributed by atoms with Crippen LogP contribution in [0.15, 0.2) is 36.5 Å². The van der Waals surface area contributed by atoms with Crippen LogP contribution in [0.4, 0.5) is 5.69 Å². The SMILES string of the molecule is Cc1cccc(N(CCCN)C(=O)c2ccnn2C)c1. The highest BCUT2D eigenvalue weighted by Gasteiger charge is 2.19. The van der Waals surface area contributed by atoms with Crippen LogP contribution < -0.4 is 10.6 Å². The van der Waals surface area contributed by atoms with Gasteiger partial charge in [-0.05, 0) is 43.7 Å². The molecule has 20 heavy (non-hydrogen) atoms. The topological polar surface area (TPSA) is 64.2 Å². The number of carbonyl (C=O) groups is 1. The molecule has 0 saturated heterocycles. The normalized spacial score (nSPS) is 10.6. The molecule has 0 spiro atoms. The standard InChI is InChI=1S/C15H20N4O/c1-12-5-3-6-13(11-12)19(10-4-8-16)15(20)14-7-9-17-18(14)2/h3,5-7,9,11H,4,8,10,16H2,1-2H3. The lowest BCUT2D eigenvalue weighted by Gasteiger charge is -2.23. The minimum absolute atomic E-state index is 0.0518. The number of aromatic nitrogens is 2. The van der Waals surface area contributed by atoms with Gasteiger partial charge in [-0.2, -0.15) is 5.10 Å².